The van der Waals surface area contributed by atoms with E-state index < -0.39 is 17.8 Å². The molecule has 0 radical (unpaired) electrons. The van der Waals surface area contributed by atoms with Gasteiger partial charge in [0, 0.05) is 23.7 Å². The number of benzene rings is 2. The summed E-state index contributed by atoms with van der Waals surface area (Å²) in [5.41, 5.74) is 3.86. The second-order valence-corrected chi connectivity index (χ2v) is 7.96. The Morgan fingerprint density at radius 1 is 1.06 bits per heavy atom. The number of nitrogens with one attached hydrogen (secondary N) is 1. The highest BCUT2D eigenvalue weighted by Gasteiger charge is 2.43. The number of Topliss-reactive ketones (excluding diaryl/α,β-unsaturated/α-hetero) is 1. The quantitative estimate of drug-likeness (QED) is 0.686. The Bertz CT molecular complexity index is 1090. The standard InChI is InChI=1S/C26H27NO5/c1-16-23(26(29)31-3)24(25-19(27-16)10-7-11-20(25)28)18-12-13-21(22(14-18)30-2)32-15-17-8-5-4-6-9-17/h4-6,8-10,12-14,24-25,27H,7,11,15H2,1-3H3. The molecule has 2 aromatic carbocycles. The van der Waals surface area contributed by atoms with Gasteiger partial charge < -0.3 is 19.5 Å². The number of esters is 1. The average Bonchev–Trinajstić information content (AvgIpc) is 2.82. The number of methoxy groups -OCH3 is 2. The fourth-order valence-corrected chi connectivity index (χ4v) is 4.49. The van der Waals surface area contributed by atoms with Crippen molar-refractivity contribution in [2.24, 2.45) is 5.92 Å². The molecule has 2 atom stereocenters. The number of fused-ring (bicyclic) bond motifs is 1. The van der Waals surface area contributed by atoms with Crippen LogP contribution in [0.3, 0.4) is 0 Å². The fourth-order valence-electron chi connectivity index (χ4n) is 4.49. The number of ether oxygens (including phenoxy) is 3. The minimum Gasteiger partial charge on any atom is -0.493 e. The van der Waals surface area contributed by atoms with Gasteiger partial charge in [-0.3, -0.25) is 4.79 Å². The van der Waals surface area contributed by atoms with Crippen molar-refractivity contribution in [1.82, 2.24) is 5.32 Å². The molecule has 6 nitrogen and oxygen atoms in total. The van der Waals surface area contributed by atoms with Crippen molar-refractivity contribution in [2.75, 3.05) is 14.2 Å². The van der Waals surface area contributed by atoms with Gasteiger partial charge in [-0.15, -0.1) is 0 Å². The van der Waals surface area contributed by atoms with E-state index in [0.717, 1.165) is 16.8 Å². The summed E-state index contributed by atoms with van der Waals surface area (Å²) in [5.74, 6) is -0.104. The van der Waals surface area contributed by atoms with Gasteiger partial charge in [-0.05, 0) is 36.6 Å². The first-order valence-electron chi connectivity index (χ1n) is 10.7. The van der Waals surface area contributed by atoms with E-state index in [2.05, 4.69) is 5.32 Å². The summed E-state index contributed by atoms with van der Waals surface area (Å²) in [4.78, 5) is 25.7. The lowest BCUT2D eigenvalue weighted by Crippen LogP contribution is -2.40. The molecule has 0 spiro atoms. The van der Waals surface area contributed by atoms with Gasteiger partial charge in [0.15, 0.2) is 11.5 Å². The Hall–Kier alpha value is -3.54. The highest BCUT2D eigenvalue weighted by atomic mass is 16.5. The van der Waals surface area contributed by atoms with Crippen molar-refractivity contribution in [3.8, 4) is 11.5 Å². The first-order chi connectivity index (χ1) is 15.5. The zero-order valence-corrected chi connectivity index (χ0v) is 18.5. The monoisotopic (exact) mass is 433 g/mol. The summed E-state index contributed by atoms with van der Waals surface area (Å²) >= 11 is 0. The van der Waals surface area contributed by atoms with Crippen molar-refractivity contribution in [1.29, 1.82) is 0 Å². The molecule has 2 aromatic rings. The number of hydrogen-bond acceptors (Lipinski definition) is 6. The van der Waals surface area contributed by atoms with Crippen molar-refractivity contribution < 1.29 is 23.8 Å². The molecule has 0 amide bonds. The molecule has 2 unspecified atom stereocenters. The van der Waals surface area contributed by atoms with Crippen molar-refractivity contribution in [3.63, 3.8) is 0 Å². The van der Waals surface area contributed by atoms with E-state index in [9.17, 15) is 9.59 Å². The Kier molecular flexibility index (Phi) is 6.30. The molecule has 0 bridgehead atoms. The molecule has 0 saturated heterocycles. The van der Waals surface area contributed by atoms with E-state index in [-0.39, 0.29) is 5.78 Å². The topological polar surface area (TPSA) is 73.9 Å². The van der Waals surface area contributed by atoms with Crippen LogP contribution in [-0.2, 0) is 20.9 Å². The number of carbonyl (C=O) groups excluding carboxylic acids is 2. The Morgan fingerprint density at radius 3 is 2.56 bits per heavy atom. The number of ketones is 1. The molecular weight excluding hydrogens is 406 g/mol. The predicted molar refractivity (Wildman–Crippen MR) is 120 cm³/mol. The minimum atomic E-state index is -0.458. The highest BCUT2D eigenvalue weighted by Crippen LogP contribution is 2.45. The number of allylic oxidation sites excluding steroid dienone is 3. The van der Waals surface area contributed by atoms with Crippen molar-refractivity contribution >= 4 is 11.8 Å². The third kappa shape index (κ3) is 4.13. The molecule has 1 N–H and O–H groups in total. The summed E-state index contributed by atoms with van der Waals surface area (Å²) in [6.45, 7) is 2.24. The van der Waals surface area contributed by atoms with Gasteiger partial charge in [0.05, 0.1) is 25.7 Å². The second kappa shape index (κ2) is 9.30. The molecule has 0 aromatic heterocycles. The normalized spacial score (nSPS) is 20.1. The summed E-state index contributed by atoms with van der Waals surface area (Å²) in [7, 11) is 2.94. The van der Waals surface area contributed by atoms with Crippen LogP contribution in [0.5, 0.6) is 11.5 Å². The molecule has 1 heterocycles. The van der Waals surface area contributed by atoms with Crippen LogP contribution < -0.4 is 14.8 Å². The van der Waals surface area contributed by atoms with Crippen molar-refractivity contribution in [3.05, 3.63) is 82.7 Å². The molecular formula is C26H27NO5. The Balaban J connectivity index is 1.72. The van der Waals surface area contributed by atoms with E-state index in [1.807, 2.05) is 61.5 Å². The average molecular weight is 434 g/mol. The van der Waals surface area contributed by atoms with Crippen LogP contribution in [0.25, 0.3) is 0 Å². The van der Waals surface area contributed by atoms with Crippen LogP contribution in [0, 0.1) is 5.92 Å². The van der Waals surface area contributed by atoms with Crippen LogP contribution in [0.2, 0.25) is 0 Å². The van der Waals surface area contributed by atoms with Gasteiger partial charge in [-0.1, -0.05) is 42.5 Å². The maximum Gasteiger partial charge on any atom is 0.336 e. The Labute approximate surface area is 187 Å². The molecule has 1 aliphatic heterocycles. The van der Waals surface area contributed by atoms with Crippen molar-refractivity contribution in [2.45, 2.75) is 32.3 Å². The number of rotatable bonds is 6. The maximum atomic E-state index is 12.9. The lowest BCUT2D eigenvalue weighted by molar-refractivity contribution is -0.136. The molecule has 6 heteroatoms. The second-order valence-electron chi connectivity index (χ2n) is 7.96. The lowest BCUT2D eigenvalue weighted by Gasteiger charge is -2.38. The first-order valence-corrected chi connectivity index (χ1v) is 10.7. The van der Waals surface area contributed by atoms with Crippen LogP contribution in [-0.4, -0.2) is 26.0 Å². The summed E-state index contributed by atoms with van der Waals surface area (Å²) < 4.78 is 16.7. The van der Waals surface area contributed by atoms with E-state index in [1.54, 1.807) is 7.11 Å². The van der Waals surface area contributed by atoms with Gasteiger partial charge in [-0.2, -0.15) is 0 Å². The van der Waals surface area contributed by atoms with E-state index >= 15 is 0 Å². The summed E-state index contributed by atoms with van der Waals surface area (Å²) in [6.07, 6.45) is 3.20. The van der Waals surface area contributed by atoms with Crippen LogP contribution >= 0.6 is 0 Å². The molecule has 4 rings (SSSR count). The molecule has 32 heavy (non-hydrogen) atoms. The Morgan fingerprint density at radius 2 is 1.84 bits per heavy atom. The van der Waals surface area contributed by atoms with Crippen LogP contribution in [0.1, 0.15) is 36.8 Å². The smallest absolute Gasteiger partial charge is 0.336 e. The largest absolute Gasteiger partial charge is 0.493 e. The van der Waals surface area contributed by atoms with Crippen LogP contribution in [0.15, 0.2) is 71.6 Å². The number of hydrogen-bond donors (Lipinski definition) is 1. The van der Waals surface area contributed by atoms with Gasteiger partial charge >= 0.3 is 5.97 Å². The predicted octanol–water partition coefficient (Wildman–Crippen LogP) is 4.27. The van der Waals surface area contributed by atoms with E-state index in [1.165, 1.54) is 7.11 Å². The summed E-state index contributed by atoms with van der Waals surface area (Å²) in [5, 5.41) is 3.26. The van der Waals surface area contributed by atoms with Gasteiger partial charge in [0.1, 0.15) is 12.4 Å². The molecule has 0 fully saturated rings. The SMILES string of the molecule is COC(=O)C1=C(C)NC2=CCCC(=O)C2C1c1ccc(OCc2ccccc2)c(OC)c1. The first kappa shape index (κ1) is 21.7. The molecule has 0 saturated carbocycles. The lowest BCUT2D eigenvalue weighted by atomic mass is 9.71. The third-order valence-corrected chi connectivity index (χ3v) is 6.01. The third-order valence-electron chi connectivity index (χ3n) is 6.01. The zero-order valence-electron chi connectivity index (χ0n) is 18.5. The minimum absolute atomic E-state index is 0.109. The van der Waals surface area contributed by atoms with E-state index in [0.29, 0.717) is 42.2 Å². The highest BCUT2D eigenvalue weighted by molar-refractivity contribution is 5.96. The fraction of sp³-hybridized carbons (Fsp3) is 0.308. The molecule has 1 aliphatic carbocycles. The molecule has 2 aliphatic rings. The van der Waals surface area contributed by atoms with Crippen LogP contribution in [0.4, 0.5) is 0 Å². The number of carbonyl (C=O) groups is 2. The van der Waals surface area contributed by atoms with Gasteiger partial charge in [0.25, 0.3) is 0 Å². The maximum absolute atomic E-state index is 12.9. The van der Waals surface area contributed by atoms with E-state index in [4.69, 9.17) is 14.2 Å². The van der Waals surface area contributed by atoms with Gasteiger partial charge in [-0.25, -0.2) is 4.79 Å². The zero-order chi connectivity index (χ0) is 22.7. The molecule has 166 valence electrons. The van der Waals surface area contributed by atoms with Gasteiger partial charge in [0.2, 0.25) is 0 Å². The summed E-state index contributed by atoms with van der Waals surface area (Å²) in [6, 6.07) is 15.5.